The number of aromatic nitrogens is 1. The monoisotopic (exact) mass is 570 g/mol. The molecule has 0 unspecified atom stereocenters. The summed E-state index contributed by atoms with van der Waals surface area (Å²) in [5, 5.41) is 16.1. The zero-order valence-corrected chi connectivity index (χ0v) is 23.9. The number of carboxylic acid groups (broad SMARTS) is 1. The molecule has 0 spiro atoms. The van der Waals surface area contributed by atoms with Crippen LogP contribution < -0.4 is 20.3 Å². The maximum absolute atomic E-state index is 12.6. The van der Waals surface area contributed by atoms with Crippen LogP contribution in [-0.2, 0) is 4.79 Å². The first-order chi connectivity index (χ1) is 19.6. The molecule has 2 aromatic carbocycles. The van der Waals surface area contributed by atoms with Crippen LogP contribution in [0.15, 0.2) is 83.4 Å². The number of hydrogen-bond donors (Lipinski definition) is 3. The van der Waals surface area contributed by atoms with Crippen molar-refractivity contribution in [3.63, 3.8) is 0 Å². The molecule has 2 atom stereocenters. The Kier molecular flexibility index (Phi) is 7.51. The fourth-order valence-electron chi connectivity index (χ4n) is 4.61. The molecule has 1 fully saturated rings. The van der Waals surface area contributed by atoms with Gasteiger partial charge < -0.3 is 29.8 Å². The number of nitrogens with one attached hydrogen (secondary N) is 2. The molecule has 3 heterocycles. The van der Waals surface area contributed by atoms with Crippen molar-refractivity contribution in [3.05, 3.63) is 96.0 Å². The van der Waals surface area contributed by atoms with Gasteiger partial charge in [-0.25, -0.2) is 4.79 Å². The molecular formula is C31H30N4O5S. The van der Waals surface area contributed by atoms with Crippen LogP contribution in [-0.4, -0.2) is 34.2 Å². The molecule has 4 aromatic rings. The molecule has 1 aliphatic heterocycles. The summed E-state index contributed by atoms with van der Waals surface area (Å²) in [6.07, 6.45) is 1.73. The van der Waals surface area contributed by atoms with Crippen LogP contribution >= 0.6 is 12.2 Å². The van der Waals surface area contributed by atoms with E-state index in [0.29, 0.717) is 28.1 Å². The first-order valence-corrected chi connectivity index (χ1v) is 13.4. The number of carboxylic acids is 1. The lowest BCUT2D eigenvalue weighted by molar-refractivity contribution is -0.123. The van der Waals surface area contributed by atoms with E-state index in [1.54, 1.807) is 43.6 Å². The van der Waals surface area contributed by atoms with E-state index >= 15 is 0 Å². The second-order valence-electron chi connectivity index (χ2n) is 10.7. The van der Waals surface area contributed by atoms with Crippen LogP contribution in [0.3, 0.4) is 0 Å². The van der Waals surface area contributed by atoms with E-state index in [1.165, 1.54) is 0 Å². The molecule has 0 bridgehead atoms. The summed E-state index contributed by atoms with van der Waals surface area (Å²) in [6.45, 7) is 5.54. The fourth-order valence-corrected chi connectivity index (χ4v) is 4.95. The Morgan fingerprint density at radius 2 is 1.83 bits per heavy atom. The van der Waals surface area contributed by atoms with Gasteiger partial charge in [-0.3, -0.25) is 9.78 Å². The number of furan rings is 1. The van der Waals surface area contributed by atoms with Crippen molar-refractivity contribution in [2.75, 3.05) is 17.3 Å². The van der Waals surface area contributed by atoms with Gasteiger partial charge in [0.05, 0.1) is 30.1 Å². The normalized spacial score (nSPS) is 16.8. The molecule has 0 saturated carbocycles. The first kappa shape index (κ1) is 27.9. The van der Waals surface area contributed by atoms with Gasteiger partial charge in [0.15, 0.2) is 5.11 Å². The van der Waals surface area contributed by atoms with Gasteiger partial charge >= 0.3 is 5.97 Å². The number of aromatic carboxylic acids is 1. The third kappa shape index (κ3) is 5.64. The summed E-state index contributed by atoms with van der Waals surface area (Å²) in [6, 6.07) is 20.7. The van der Waals surface area contributed by atoms with E-state index in [9.17, 15) is 14.7 Å². The van der Waals surface area contributed by atoms with Gasteiger partial charge in [-0.1, -0.05) is 39.0 Å². The lowest BCUT2D eigenvalue weighted by Gasteiger charge is -2.27. The predicted molar refractivity (Wildman–Crippen MR) is 160 cm³/mol. The smallest absolute Gasteiger partial charge is 0.335 e. The van der Waals surface area contributed by atoms with E-state index in [0.717, 1.165) is 16.9 Å². The SMILES string of the molecule is COc1cc(N2C(=S)N[C@H](c3ccccn3)[C@@H]2c2ccc(-c3ccc(C(=O)O)cc3)o2)ccc1NC(=O)C(C)(C)C. The van der Waals surface area contributed by atoms with Crippen LogP contribution in [0.1, 0.15) is 54.7 Å². The number of hydrogen-bond acceptors (Lipinski definition) is 6. The number of carbonyl (C=O) groups is 2. The second kappa shape index (κ2) is 11.1. The fraction of sp³-hybridized carbons (Fsp3) is 0.226. The summed E-state index contributed by atoms with van der Waals surface area (Å²) in [4.78, 5) is 30.4. The minimum atomic E-state index is -0.990. The Morgan fingerprint density at radius 3 is 2.46 bits per heavy atom. The molecule has 41 heavy (non-hydrogen) atoms. The van der Waals surface area contributed by atoms with Crippen LogP contribution in [0.5, 0.6) is 5.75 Å². The van der Waals surface area contributed by atoms with Crippen molar-refractivity contribution in [2.45, 2.75) is 32.9 Å². The van der Waals surface area contributed by atoms with Crippen molar-refractivity contribution in [2.24, 2.45) is 5.41 Å². The van der Waals surface area contributed by atoms with Crippen LogP contribution in [0.4, 0.5) is 11.4 Å². The number of rotatable bonds is 7. The number of benzene rings is 2. The molecular weight excluding hydrogens is 540 g/mol. The molecule has 10 heteroatoms. The average molecular weight is 571 g/mol. The highest BCUT2D eigenvalue weighted by atomic mass is 32.1. The van der Waals surface area contributed by atoms with E-state index in [4.69, 9.17) is 21.4 Å². The Balaban J connectivity index is 1.54. The molecule has 0 aliphatic carbocycles. The Morgan fingerprint density at radius 1 is 1.07 bits per heavy atom. The predicted octanol–water partition coefficient (Wildman–Crippen LogP) is 6.21. The van der Waals surface area contributed by atoms with E-state index < -0.39 is 17.4 Å². The summed E-state index contributed by atoms with van der Waals surface area (Å²) < 4.78 is 12.0. The summed E-state index contributed by atoms with van der Waals surface area (Å²) in [7, 11) is 1.55. The summed E-state index contributed by atoms with van der Waals surface area (Å²) in [5.41, 5.74) is 2.44. The zero-order valence-electron chi connectivity index (χ0n) is 23.0. The average Bonchev–Trinajstić information content (AvgIpc) is 3.58. The van der Waals surface area contributed by atoms with Crippen LogP contribution in [0, 0.1) is 5.41 Å². The molecule has 9 nitrogen and oxygen atoms in total. The van der Waals surface area contributed by atoms with Crippen LogP contribution in [0.25, 0.3) is 11.3 Å². The number of amides is 1. The van der Waals surface area contributed by atoms with Gasteiger partial charge in [0.25, 0.3) is 0 Å². The van der Waals surface area contributed by atoms with Gasteiger partial charge in [0.2, 0.25) is 5.91 Å². The van der Waals surface area contributed by atoms with Crippen molar-refractivity contribution in [1.29, 1.82) is 0 Å². The third-order valence-electron chi connectivity index (χ3n) is 6.83. The van der Waals surface area contributed by atoms with Crippen molar-refractivity contribution in [3.8, 4) is 17.1 Å². The van der Waals surface area contributed by atoms with Gasteiger partial charge in [-0.2, -0.15) is 0 Å². The molecule has 1 aliphatic rings. The van der Waals surface area contributed by atoms with Crippen molar-refractivity contribution >= 4 is 40.6 Å². The lowest BCUT2D eigenvalue weighted by atomic mass is 9.95. The number of methoxy groups -OCH3 is 1. The Labute approximate surface area is 243 Å². The maximum Gasteiger partial charge on any atom is 0.335 e. The number of anilines is 2. The second-order valence-corrected chi connectivity index (χ2v) is 11.1. The van der Waals surface area contributed by atoms with Crippen LogP contribution in [0.2, 0.25) is 0 Å². The summed E-state index contributed by atoms with van der Waals surface area (Å²) in [5.74, 6) is 0.591. The first-order valence-electron chi connectivity index (χ1n) is 13.0. The molecule has 5 rings (SSSR count). The highest BCUT2D eigenvalue weighted by molar-refractivity contribution is 7.80. The van der Waals surface area contributed by atoms with Gasteiger partial charge in [0.1, 0.15) is 23.3 Å². The number of thiocarbonyl (C=S) groups is 1. The number of nitrogens with zero attached hydrogens (tertiary/aromatic N) is 2. The molecule has 2 aromatic heterocycles. The minimum absolute atomic E-state index is 0.130. The quantitative estimate of drug-likeness (QED) is 0.223. The van der Waals surface area contributed by atoms with Crippen molar-refractivity contribution in [1.82, 2.24) is 10.3 Å². The lowest BCUT2D eigenvalue weighted by Crippen LogP contribution is -2.30. The molecule has 3 N–H and O–H groups in total. The number of pyridine rings is 1. The largest absolute Gasteiger partial charge is 0.494 e. The van der Waals surface area contributed by atoms with E-state index in [-0.39, 0.29) is 17.5 Å². The summed E-state index contributed by atoms with van der Waals surface area (Å²) >= 11 is 5.83. The zero-order chi connectivity index (χ0) is 29.3. The number of ether oxygens (including phenoxy) is 1. The van der Waals surface area contributed by atoms with Gasteiger partial charge in [0, 0.05) is 28.9 Å². The Hall–Kier alpha value is -4.70. The molecule has 210 valence electrons. The van der Waals surface area contributed by atoms with Gasteiger partial charge in [-0.05, 0) is 60.7 Å². The van der Waals surface area contributed by atoms with Crippen molar-refractivity contribution < 1.29 is 23.8 Å². The maximum atomic E-state index is 12.6. The topological polar surface area (TPSA) is 117 Å². The molecule has 1 amide bonds. The van der Waals surface area contributed by atoms with Gasteiger partial charge in [-0.15, -0.1) is 0 Å². The van der Waals surface area contributed by atoms with E-state index in [1.807, 2.05) is 68.1 Å². The highest BCUT2D eigenvalue weighted by Crippen LogP contribution is 2.44. The highest BCUT2D eigenvalue weighted by Gasteiger charge is 2.43. The third-order valence-corrected chi connectivity index (χ3v) is 7.14. The van der Waals surface area contributed by atoms with E-state index in [2.05, 4.69) is 15.6 Å². The standard InChI is InChI=1S/C31H30N4O5S/c1-31(2,3)29(38)33-21-13-12-20(17-25(21)39-4)35-27(26(34-30(35)41)22-7-5-6-16-32-22)24-15-14-23(40-24)18-8-10-19(11-9-18)28(36)37/h5-17,26-27H,1-4H3,(H,33,38)(H,34,41)(H,36,37)/t26-,27+/m1/s1. The number of carbonyl (C=O) groups excluding carboxylic acids is 1. The Bertz CT molecular complexity index is 1590. The molecule has 1 saturated heterocycles. The molecule has 0 radical (unpaired) electrons. The minimum Gasteiger partial charge on any atom is -0.494 e.